The Morgan fingerprint density at radius 2 is 2.11 bits per heavy atom. The zero-order valence-electron chi connectivity index (χ0n) is 17.8. The largest absolute Gasteiger partial charge is 0.475 e. The minimum Gasteiger partial charge on any atom is -0.475 e. The highest BCUT2D eigenvalue weighted by Crippen LogP contribution is 2.18. The van der Waals surface area contributed by atoms with Crippen molar-refractivity contribution in [2.24, 2.45) is 10.9 Å². The fraction of sp³-hybridized carbons (Fsp3) is 0.636. The molecule has 1 fully saturated rings. The molecule has 0 saturated carbocycles. The van der Waals surface area contributed by atoms with Gasteiger partial charge in [-0.05, 0) is 37.3 Å². The molecule has 6 nitrogen and oxygen atoms in total. The van der Waals surface area contributed by atoms with E-state index < -0.39 is 0 Å². The summed E-state index contributed by atoms with van der Waals surface area (Å²) in [4.78, 5) is 13.8. The number of likely N-dealkylation sites (tertiary alicyclic amines) is 1. The lowest BCUT2D eigenvalue weighted by Crippen LogP contribution is -2.42. The lowest BCUT2D eigenvalue weighted by molar-refractivity contribution is 0.185. The van der Waals surface area contributed by atoms with Crippen LogP contribution in [0.2, 0.25) is 0 Å². The van der Waals surface area contributed by atoms with Gasteiger partial charge in [-0.1, -0.05) is 26.0 Å². The summed E-state index contributed by atoms with van der Waals surface area (Å²) in [6, 6.07) is 4.68. The van der Waals surface area contributed by atoms with E-state index in [1.165, 1.54) is 6.42 Å². The van der Waals surface area contributed by atoms with Gasteiger partial charge < -0.3 is 15.0 Å². The molecule has 2 unspecified atom stereocenters. The van der Waals surface area contributed by atoms with Gasteiger partial charge in [0.2, 0.25) is 5.88 Å². The van der Waals surface area contributed by atoms with E-state index in [0.29, 0.717) is 17.8 Å². The van der Waals surface area contributed by atoms with Gasteiger partial charge in [0.05, 0.1) is 6.10 Å². The lowest BCUT2D eigenvalue weighted by atomic mass is 10.1. The molecule has 0 aromatic carbocycles. The third kappa shape index (κ3) is 5.71. The second-order valence-electron chi connectivity index (χ2n) is 8.27. The maximum absolute atomic E-state index is 5.98. The maximum atomic E-state index is 5.98. The van der Waals surface area contributed by atoms with Crippen LogP contribution in [0.5, 0.6) is 5.88 Å². The summed E-state index contributed by atoms with van der Waals surface area (Å²) in [7, 11) is 1.86. The van der Waals surface area contributed by atoms with Gasteiger partial charge in [-0.3, -0.25) is 9.89 Å². The van der Waals surface area contributed by atoms with Crippen molar-refractivity contribution in [2.75, 3.05) is 33.2 Å². The molecule has 0 amide bonds. The molecule has 2 aliphatic rings. The van der Waals surface area contributed by atoms with Crippen LogP contribution >= 0.6 is 0 Å². The molecule has 2 aliphatic heterocycles. The number of nitrogens with one attached hydrogen (secondary N) is 1. The fourth-order valence-electron chi connectivity index (χ4n) is 4.08. The summed E-state index contributed by atoms with van der Waals surface area (Å²) in [6.07, 6.45) is 8.75. The molecular formula is C22H35N5O. The van der Waals surface area contributed by atoms with Gasteiger partial charge in [0.1, 0.15) is 0 Å². The van der Waals surface area contributed by atoms with Gasteiger partial charge in [0.25, 0.3) is 0 Å². The van der Waals surface area contributed by atoms with E-state index in [9.17, 15) is 0 Å². The van der Waals surface area contributed by atoms with Crippen molar-refractivity contribution < 1.29 is 4.74 Å². The molecule has 0 bridgehead atoms. The predicted octanol–water partition coefficient (Wildman–Crippen LogP) is 2.92. The summed E-state index contributed by atoms with van der Waals surface area (Å²) in [5.74, 6) is 2.29. The van der Waals surface area contributed by atoms with Gasteiger partial charge >= 0.3 is 0 Å². The van der Waals surface area contributed by atoms with Crippen LogP contribution in [0, 0.1) is 5.92 Å². The van der Waals surface area contributed by atoms with Crippen LogP contribution in [-0.4, -0.2) is 66.1 Å². The van der Waals surface area contributed by atoms with Gasteiger partial charge in [0, 0.05) is 58.1 Å². The normalized spacial score (nSPS) is 21.5. The molecule has 1 N–H and O–H groups in total. The van der Waals surface area contributed by atoms with Crippen molar-refractivity contribution in [1.82, 2.24) is 20.1 Å². The Labute approximate surface area is 169 Å². The topological polar surface area (TPSA) is 53.0 Å². The number of guanidine groups is 1. The molecule has 6 heteroatoms. The zero-order valence-corrected chi connectivity index (χ0v) is 17.8. The molecule has 28 heavy (non-hydrogen) atoms. The summed E-state index contributed by atoms with van der Waals surface area (Å²) in [5, 5.41) is 3.51. The molecule has 154 valence electrons. The first kappa shape index (κ1) is 20.6. The lowest BCUT2D eigenvalue weighted by Gasteiger charge is -2.25. The molecule has 0 spiro atoms. The smallest absolute Gasteiger partial charge is 0.213 e. The summed E-state index contributed by atoms with van der Waals surface area (Å²) in [5.41, 5.74) is 1.15. The maximum Gasteiger partial charge on any atom is 0.213 e. The first-order valence-corrected chi connectivity index (χ1v) is 10.5. The van der Waals surface area contributed by atoms with Crippen LogP contribution in [-0.2, 0) is 6.54 Å². The number of hydrogen-bond acceptors (Lipinski definition) is 4. The van der Waals surface area contributed by atoms with Crippen LogP contribution in [0.3, 0.4) is 0 Å². The standard InChI is InChI=1S/C22H35N5O/c1-17(2)13-18(3)28-21-14-19(7-9-24-21)15-25-22(23-4)27-12-8-20(16-27)26-10-5-6-11-26/h5-7,9,14,17-18,20H,8,10-13,15-16H2,1-4H3,(H,23,25). The first-order valence-electron chi connectivity index (χ1n) is 10.5. The van der Waals surface area contributed by atoms with E-state index in [2.05, 4.69) is 58.0 Å². The van der Waals surface area contributed by atoms with Crippen molar-refractivity contribution in [3.05, 3.63) is 36.0 Å². The highest BCUT2D eigenvalue weighted by molar-refractivity contribution is 5.80. The molecule has 0 radical (unpaired) electrons. The molecule has 1 saturated heterocycles. The molecule has 2 atom stereocenters. The average Bonchev–Trinajstić information content (AvgIpc) is 3.33. The zero-order chi connectivity index (χ0) is 19.9. The minimum absolute atomic E-state index is 0.171. The second-order valence-corrected chi connectivity index (χ2v) is 8.27. The van der Waals surface area contributed by atoms with Gasteiger partial charge in [-0.15, -0.1) is 0 Å². The van der Waals surface area contributed by atoms with Crippen molar-refractivity contribution in [1.29, 1.82) is 0 Å². The molecule has 3 heterocycles. The summed E-state index contributed by atoms with van der Waals surface area (Å²) < 4.78 is 5.98. The van der Waals surface area contributed by atoms with E-state index in [0.717, 1.165) is 50.7 Å². The summed E-state index contributed by atoms with van der Waals surface area (Å²) in [6.45, 7) is 11.5. The van der Waals surface area contributed by atoms with E-state index >= 15 is 0 Å². The minimum atomic E-state index is 0.171. The van der Waals surface area contributed by atoms with Crippen LogP contribution in [0.1, 0.15) is 39.2 Å². The number of pyridine rings is 1. The number of rotatable bonds is 7. The number of aliphatic imine (C=N–C) groups is 1. The van der Waals surface area contributed by atoms with E-state index in [1.54, 1.807) is 0 Å². The molecule has 0 aliphatic carbocycles. The third-order valence-electron chi connectivity index (χ3n) is 5.41. The van der Waals surface area contributed by atoms with Crippen LogP contribution in [0.25, 0.3) is 0 Å². The van der Waals surface area contributed by atoms with Crippen molar-refractivity contribution >= 4 is 5.96 Å². The number of ether oxygens (including phenoxy) is 1. The molecule has 3 rings (SSSR count). The SMILES string of the molecule is CN=C(NCc1ccnc(OC(C)CC(C)C)c1)N1CCC(N2CC=CC2)C1. The Hall–Kier alpha value is -2.08. The Bertz CT molecular complexity index is 679. The van der Waals surface area contributed by atoms with Crippen molar-refractivity contribution in [3.8, 4) is 5.88 Å². The third-order valence-corrected chi connectivity index (χ3v) is 5.41. The Morgan fingerprint density at radius 3 is 2.82 bits per heavy atom. The summed E-state index contributed by atoms with van der Waals surface area (Å²) >= 11 is 0. The van der Waals surface area contributed by atoms with E-state index in [-0.39, 0.29) is 6.10 Å². The van der Waals surface area contributed by atoms with Crippen molar-refractivity contribution in [2.45, 2.75) is 52.3 Å². The quantitative estimate of drug-likeness (QED) is 0.444. The molecule has 1 aromatic heterocycles. The number of nitrogens with zero attached hydrogens (tertiary/aromatic N) is 4. The van der Waals surface area contributed by atoms with E-state index in [4.69, 9.17) is 4.74 Å². The predicted molar refractivity (Wildman–Crippen MR) is 115 cm³/mol. The average molecular weight is 386 g/mol. The Morgan fingerprint density at radius 1 is 1.32 bits per heavy atom. The van der Waals surface area contributed by atoms with E-state index in [1.807, 2.05) is 25.4 Å². The number of hydrogen-bond donors (Lipinski definition) is 1. The Balaban J connectivity index is 1.50. The van der Waals surface area contributed by atoms with Gasteiger partial charge in [-0.2, -0.15) is 0 Å². The highest BCUT2D eigenvalue weighted by atomic mass is 16.5. The monoisotopic (exact) mass is 385 g/mol. The fourth-order valence-corrected chi connectivity index (χ4v) is 4.08. The van der Waals surface area contributed by atoms with Crippen LogP contribution in [0.15, 0.2) is 35.5 Å². The van der Waals surface area contributed by atoms with Crippen LogP contribution < -0.4 is 10.1 Å². The number of aromatic nitrogens is 1. The molecular weight excluding hydrogens is 350 g/mol. The van der Waals surface area contributed by atoms with Gasteiger partial charge in [-0.25, -0.2) is 4.98 Å². The first-order chi connectivity index (χ1) is 13.5. The van der Waals surface area contributed by atoms with Crippen LogP contribution in [0.4, 0.5) is 0 Å². The highest BCUT2D eigenvalue weighted by Gasteiger charge is 2.29. The Kier molecular flexibility index (Phi) is 7.31. The molecule has 1 aromatic rings. The van der Waals surface area contributed by atoms with Crippen molar-refractivity contribution in [3.63, 3.8) is 0 Å². The van der Waals surface area contributed by atoms with Gasteiger partial charge in [0.15, 0.2) is 5.96 Å². The second kappa shape index (κ2) is 9.92.